The predicted molar refractivity (Wildman–Crippen MR) is 159 cm³/mol. The molecule has 0 aromatic rings. The Kier molecular flexibility index (Phi) is 12.1. The van der Waals surface area contributed by atoms with E-state index in [4.69, 9.17) is 14.2 Å². The van der Waals surface area contributed by atoms with Gasteiger partial charge in [-0.1, -0.05) is 0 Å². The second-order valence-electron chi connectivity index (χ2n) is 13.4. The molecule has 0 unspecified atom stereocenters. The van der Waals surface area contributed by atoms with Crippen LogP contribution in [-0.2, 0) is 28.6 Å². The monoisotopic (exact) mass is 594 g/mol. The molecule has 240 valence electrons. The van der Waals surface area contributed by atoms with Gasteiger partial charge in [-0.05, 0) is 99.1 Å². The van der Waals surface area contributed by atoms with Gasteiger partial charge in [0.25, 0.3) is 0 Å². The third-order valence-electron chi connectivity index (χ3n) is 8.89. The number of nitrogens with one attached hydrogen (secondary N) is 2. The molecular weight excluding hydrogens is 540 g/mol. The third kappa shape index (κ3) is 8.81. The number of ether oxygens (including phenoxy) is 3. The summed E-state index contributed by atoms with van der Waals surface area (Å²) in [6, 6.07) is 0. The summed E-state index contributed by atoms with van der Waals surface area (Å²) in [5.74, 6) is -0.432. The molecule has 0 aliphatic carbocycles. The molecule has 0 saturated carbocycles. The van der Waals surface area contributed by atoms with Gasteiger partial charge in [-0.15, -0.1) is 0 Å². The number of esters is 2. The second kappa shape index (κ2) is 14.9. The van der Waals surface area contributed by atoms with Crippen molar-refractivity contribution in [1.82, 2.24) is 20.4 Å². The summed E-state index contributed by atoms with van der Waals surface area (Å²) in [6.45, 7) is 15.4. The molecule has 0 aromatic heterocycles. The van der Waals surface area contributed by atoms with Crippen LogP contribution in [0.1, 0.15) is 92.9 Å². The van der Waals surface area contributed by atoms with Crippen molar-refractivity contribution in [3.05, 3.63) is 0 Å². The Balaban J connectivity index is 1.80. The minimum atomic E-state index is -1.12. The summed E-state index contributed by atoms with van der Waals surface area (Å²) < 4.78 is 16.3. The average molecular weight is 595 g/mol. The Bertz CT molecular complexity index is 936. The van der Waals surface area contributed by atoms with E-state index < -0.39 is 16.6 Å². The van der Waals surface area contributed by atoms with Gasteiger partial charge in [-0.3, -0.25) is 14.4 Å². The number of likely N-dealkylation sites (tertiary alicyclic amines) is 1. The molecule has 0 bridgehead atoms. The van der Waals surface area contributed by atoms with Crippen LogP contribution < -0.4 is 10.6 Å². The largest absolute Gasteiger partial charge is 0.466 e. The number of rotatable bonds is 11. The van der Waals surface area contributed by atoms with Crippen LogP contribution in [0.2, 0.25) is 0 Å². The molecule has 0 radical (unpaired) electrons. The summed E-state index contributed by atoms with van der Waals surface area (Å²) in [5, 5.41) is 7.01. The van der Waals surface area contributed by atoms with Crippen LogP contribution in [0.3, 0.4) is 0 Å². The molecule has 3 aliphatic rings. The van der Waals surface area contributed by atoms with Gasteiger partial charge in [0.15, 0.2) is 0 Å². The number of nitrogens with zero attached hydrogens (tertiary/aromatic N) is 2. The molecule has 3 aliphatic heterocycles. The summed E-state index contributed by atoms with van der Waals surface area (Å²) >= 11 is 0. The number of piperidine rings is 2. The van der Waals surface area contributed by atoms with Crippen LogP contribution in [0.15, 0.2) is 0 Å². The molecule has 2 amide bonds. The van der Waals surface area contributed by atoms with Crippen molar-refractivity contribution < 1.29 is 33.4 Å². The Morgan fingerprint density at radius 2 is 1.69 bits per heavy atom. The van der Waals surface area contributed by atoms with Gasteiger partial charge in [0.05, 0.1) is 25.6 Å². The molecule has 0 aromatic carbocycles. The van der Waals surface area contributed by atoms with E-state index in [0.29, 0.717) is 38.7 Å². The highest BCUT2D eigenvalue weighted by molar-refractivity contribution is 5.93. The molecule has 1 atom stereocenters. The molecule has 3 rings (SSSR count). The second-order valence-corrected chi connectivity index (χ2v) is 13.4. The van der Waals surface area contributed by atoms with E-state index >= 15 is 0 Å². The normalized spacial score (nSPS) is 23.5. The molecule has 11 heteroatoms. The number of amides is 2. The van der Waals surface area contributed by atoms with E-state index in [9.17, 15) is 19.2 Å². The first-order chi connectivity index (χ1) is 19.8. The van der Waals surface area contributed by atoms with Crippen molar-refractivity contribution in [3.8, 4) is 0 Å². The smallest absolute Gasteiger partial charge is 0.410 e. The number of hydrogen-bond donors (Lipinski definition) is 2. The molecule has 0 spiro atoms. The maximum absolute atomic E-state index is 14.5. The Morgan fingerprint density at radius 1 is 1.02 bits per heavy atom. The maximum atomic E-state index is 14.5. The van der Waals surface area contributed by atoms with E-state index in [1.807, 2.05) is 34.6 Å². The van der Waals surface area contributed by atoms with Crippen LogP contribution in [-0.4, -0.2) is 103 Å². The number of carbonyl (C=O) groups is 4. The lowest BCUT2D eigenvalue weighted by Gasteiger charge is -2.56. The van der Waals surface area contributed by atoms with Crippen molar-refractivity contribution >= 4 is 23.9 Å². The van der Waals surface area contributed by atoms with Crippen LogP contribution in [0.5, 0.6) is 0 Å². The van der Waals surface area contributed by atoms with Crippen molar-refractivity contribution in [2.24, 2.45) is 11.3 Å². The highest BCUT2D eigenvalue weighted by atomic mass is 16.6. The first kappa shape index (κ1) is 34.1. The lowest BCUT2D eigenvalue weighted by atomic mass is 9.58. The first-order valence-electron chi connectivity index (χ1n) is 15.9. The standard InChI is InChI=1S/C31H54N4O7/c1-7-40-25(36)11-20-34-21-17-33-31(27(34)38,22-26(37)41-23(2)3)30(13-15-32-16-14-30)12-8-24-9-18-35(19-10-24)28(39)42-29(4,5)6/h23-24,32-33H,7-22H2,1-6H3/t31-/m1/s1. The summed E-state index contributed by atoms with van der Waals surface area (Å²) in [6.07, 6.45) is 4.48. The van der Waals surface area contributed by atoms with Crippen molar-refractivity contribution in [2.75, 3.05) is 52.4 Å². The van der Waals surface area contributed by atoms with Gasteiger partial charge >= 0.3 is 18.0 Å². The third-order valence-corrected chi connectivity index (χ3v) is 8.89. The zero-order chi connectivity index (χ0) is 31.0. The zero-order valence-electron chi connectivity index (χ0n) is 26.7. The maximum Gasteiger partial charge on any atom is 0.410 e. The Labute approximate surface area is 251 Å². The lowest BCUT2D eigenvalue weighted by molar-refractivity contribution is -0.164. The quantitative estimate of drug-likeness (QED) is 0.274. The SMILES string of the molecule is CCOC(=O)CCN1CCN[C@@](CC(=O)OC(C)C)(C2(CCC3CCN(C(=O)OC(C)(C)C)CC3)CCNCC2)C1=O. The van der Waals surface area contributed by atoms with Crippen molar-refractivity contribution in [2.45, 2.75) is 110 Å². The fraction of sp³-hybridized carbons (Fsp3) is 0.871. The Hall–Kier alpha value is -2.40. The van der Waals surface area contributed by atoms with E-state index in [1.165, 1.54) is 0 Å². The summed E-state index contributed by atoms with van der Waals surface area (Å²) in [4.78, 5) is 55.9. The van der Waals surface area contributed by atoms with Gasteiger partial charge < -0.3 is 34.6 Å². The molecule has 42 heavy (non-hydrogen) atoms. The summed E-state index contributed by atoms with van der Waals surface area (Å²) in [5.41, 5.74) is -2.11. The first-order valence-corrected chi connectivity index (χ1v) is 15.9. The van der Waals surface area contributed by atoms with E-state index in [2.05, 4.69) is 10.6 Å². The minimum absolute atomic E-state index is 0.0446. The van der Waals surface area contributed by atoms with E-state index in [1.54, 1.807) is 16.7 Å². The molecule has 2 N–H and O–H groups in total. The number of piperazine rings is 1. The predicted octanol–water partition coefficient (Wildman–Crippen LogP) is 3.25. The van der Waals surface area contributed by atoms with Crippen LogP contribution in [0.4, 0.5) is 4.79 Å². The van der Waals surface area contributed by atoms with Gasteiger partial charge in [-0.2, -0.15) is 0 Å². The van der Waals surface area contributed by atoms with E-state index in [0.717, 1.165) is 51.6 Å². The molecule has 11 nitrogen and oxygen atoms in total. The van der Waals surface area contributed by atoms with Gasteiger partial charge in [0.1, 0.15) is 11.1 Å². The number of hydrogen-bond acceptors (Lipinski definition) is 9. The van der Waals surface area contributed by atoms with Crippen molar-refractivity contribution in [1.29, 1.82) is 0 Å². The topological polar surface area (TPSA) is 127 Å². The molecule has 3 fully saturated rings. The van der Waals surface area contributed by atoms with E-state index in [-0.39, 0.29) is 49.4 Å². The van der Waals surface area contributed by atoms with Crippen LogP contribution >= 0.6 is 0 Å². The summed E-state index contributed by atoms with van der Waals surface area (Å²) in [7, 11) is 0. The van der Waals surface area contributed by atoms with Gasteiger partial charge in [-0.25, -0.2) is 4.79 Å². The molecule has 3 saturated heterocycles. The van der Waals surface area contributed by atoms with Gasteiger partial charge in [0, 0.05) is 38.1 Å². The van der Waals surface area contributed by atoms with Crippen LogP contribution in [0, 0.1) is 11.3 Å². The zero-order valence-corrected chi connectivity index (χ0v) is 26.7. The molecule has 3 heterocycles. The fourth-order valence-electron chi connectivity index (χ4n) is 6.79. The fourth-order valence-corrected chi connectivity index (χ4v) is 6.79. The number of carbonyl (C=O) groups excluding carboxylic acids is 4. The lowest BCUT2D eigenvalue weighted by Crippen LogP contribution is -2.73. The molecular formula is C31H54N4O7. The highest BCUT2D eigenvalue weighted by Crippen LogP contribution is 2.49. The van der Waals surface area contributed by atoms with Crippen LogP contribution in [0.25, 0.3) is 0 Å². The van der Waals surface area contributed by atoms with Gasteiger partial charge in [0.2, 0.25) is 5.91 Å². The van der Waals surface area contributed by atoms with Crippen molar-refractivity contribution in [3.63, 3.8) is 0 Å². The highest BCUT2D eigenvalue weighted by Gasteiger charge is 2.59. The minimum Gasteiger partial charge on any atom is -0.466 e. The average Bonchev–Trinajstić information content (AvgIpc) is 2.92. The Morgan fingerprint density at radius 3 is 2.29 bits per heavy atom.